The summed E-state index contributed by atoms with van der Waals surface area (Å²) in [7, 11) is 0.794. The Bertz CT molecular complexity index is 2160. The van der Waals surface area contributed by atoms with Gasteiger partial charge in [0.25, 0.3) is 11.5 Å². The smallest absolute Gasteiger partial charge is 0.262 e. The minimum Gasteiger partial charge on any atom is -0.497 e. The molecular formula is C31H29N7O7S2. The number of aromatic nitrogens is 4. The van der Waals surface area contributed by atoms with E-state index in [0.717, 1.165) is 22.9 Å². The molecule has 0 bridgehead atoms. The third kappa shape index (κ3) is 6.30. The summed E-state index contributed by atoms with van der Waals surface area (Å²) in [5, 5.41) is 16.0. The first-order valence-corrected chi connectivity index (χ1v) is 16.6. The number of sulfonamides is 1. The van der Waals surface area contributed by atoms with Crippen molar-refractivity contribution in [2.24, 2.45) is 10.2 Å². The van der Waals surface area contributed by atoms with Gasteiger partial charge >= 0.3 is 0 Å². The normalized spacial score (nSPS) is 14.7. The largest absolute Gasteiger partial charge is 0.497 e. The van der Waals surface area contributed by atoms with E-state index in [1.54, 1.807) is 27.4 Å². The molecule has 0 fully saturated rings. The van der Waals surface area contributed by atoms with Gasteiger partial charge in [0.05, 0.1) is 55.6 Å². The number of aromatic amines is 1. The van der Waals surface area contributed by atoms with Crippen LogP contribution in [0.4, 0.5) is 0 Å². The topological polar surface area (TPSA) is 184 Å². The van der Waals surface area contributed by atoms with Crippen LogP contribution in [0.5, 0.6) is 17.2 Å². The molecule has 16 heteroatoms. The van der Waals surface area contributed by atoms with Gasteiger partial charge in [-0.15, -0.1) is 0 Å². The predicted molar refractivity (Wildman–Crippen MR) is 175 cm³/mol. The number of carbonyl (C=O) groups is 1. The number of primary sulfonamides is 1. The molecule has 14 nitrogen and oxygen atoms in total. The molecule has 0 saturated heterocycles. The number of para-hydroxylation sites is 1. The summed E-state index contributed by atoms with van der Waals surface area (Å²) in [6, 6.07) is 18.1. The van der Waals surface area contributed by atoms with Crippen LogP contribution >= 0.6 is 11.8 Å². The van der Waals surface area contributed by atoms with E-state index in [1.165, 1.54) is 40.2 Å². The minimum atomic E-state index is -3.89. The molecule has 5 aromatic rings. The fourth-order valence-corrected chi connectivity index (χ4v) is 6.47. The van der Waals surface area contributed by atoms with Crippen molar-refractivity contribution in [1.82, 2.24) is 24.8 Å². The van der Waals surface area contributed by atoms with Gasteiger partial charge in [-0.05, 0) is 60.2 Å². The van der Waals surface area contributed by atoms with Gasteiger partial charge in [-0.2, -0.15) is 10.2 Å². The lowest BCUT2D eigenvalue weighted by Gasteiger charge is -2.24. The molecular weight excluding hydrogens is 647 g/mol. The first-order chi connectivity index (χ1) is 22.6. The van der Waals surface area contributed by atoms with Crippen LogP contribution in [0.15, 0.2) is 92.9 Å². The molecule has 1 atom stereocenters. The molecule has 0 aliphatic carbocycles. The van der Waals surface area contributed by atoms with Gasteiger partial charge in [0, 0.05) is 12.0 Å². The second-order valence-corrected chi connectivity index (χ2v) is 12.8. The Hall–Kier alpha value is -5.19. The summed E-state index contributed by atoms with van der Waals surface area (Å²) >= 11 is 1.04. The molecule has 0 spiro atoms. The number of hydrazone groups is 1. The average Bonchev–Trinajstić information content (AvgIpc) is 3.72. The second kappa shape index (κ2) is 12.9. The van der Waals surface area contributed by atoms with Crippen molar-refractivity contribution in [3.8, 4) is 22.9 Å². The van der Waals surface area contributed by atoms with Gasteiger partial charge in [-0.25, -0.2) is 28.2 Å². The van der Waals surface area contributed by atoms with Gasteiger partial charge in [0.1, 0.15) is 11.1 Å². The zero-order chi connectivity index (χ0) is 33.3. The maximum atomic E-state index is 13.8. The van der Waals surface area contributed by atoms with Crippen LogP contribution in [0.2, 0.25) is 0 Å². The molecule has 2 aromatic heterocycles. The van der Waals surface area contributed by atoms with Crippen molar-refractivity contribution in [2.45, 2.75) is 22.5 Å². The number of carbonyl (C=O) groups excluding carboxylic acids is 1. The molecule has 47 heavy (non-hydrogen) atoms. The summed E-state index contributed by atoms with van der Waals surface area (Å²) in [5.74, 6) is 1.29. The van der Waals surface area contributed by atoms with Gasteiger partial charge in [0.2, 0.25) is 10.0 Å². The summed E-state index contributed by atoms with van der Waals surface area (Å²) in [6.45, 7) is 0. The summed E-state index contributed by atoms with van der Waals surface area (Å²) in [5.41, 5.74) is 2.51. The Morgan fingerprint density at radius 2 is 1.77 bits per heavy atom. The molecule has 1 aliphatic rings. The van der Waals surface area contributed by atoms with Crippen LogP contribution in [0.3, 0.4) is 0 Å². The van der Waals surface area contributed by atoms with Crippen LogP contribution in [-0.4, -0.2) is 71.9 Å². The van der Waals surface area contributed by atoms with Crippen LogP contribution < -0.4 is 24.9 Å². The second-order valence-electron chi connectivity index (χ2n) is 10.3. The number of amides is 1. The van der Waals surface area contributed by atoms with Crippen molar-refractivity contribution in [3.05, 3.63) is 94.4 Å². The monoisotopic (exact) mass is 675 g/mol. The highest BCUT2D eigenvalue weighted by molar-refractivity contribution is 7.99. The molecule has 1 amide bonds. The zero-order valence-corrected chi connectivity index (χ0v) is 27.0. The van der Waals surface area contributed by atoms with Gasteiger partial charge < -0.3 is 19.2 Å². The Kier molecular flexibility index (Phi) is 8.72. The molecule has 242 valence electrons. The molecule has 6 rings (SSSR count). The lowest BCUT2D eigenvalue weighted by Crippen LogP contribution is -2.29. The molecule has 0 saturated carbocycles. The number of nitrogens with two attached hydrogens (primary N) is 1. The SMILES string of the molecule is COc1ccc(C2=NN(C(=O)CSc3nc4c(cnn4-c4ccc(S(N)(=O)=O)cc4)c(=O)[nH]3)[C@H](c3cccc(OC)c3OC)C2)cc1. The van der Waals surface area contributed by atoms with E-state index in [2.05, 4.69) is 15.1 Å². The van der Waals surface area contributed by atoms with E-state index in [9.17, 15) is 18.0 Å². The number of benzene rings is 3. The van der Waals surface area contributed by atoms with E-state index >= 15 is 0 Å². The number of ether oxygens (including phenoxy) is 3. The standard InChI is InChI=1S/C31H29N7O7S2/c1-43-20-11-7-18(8-12-20)24-15-25(22-5-4-6-26(44-2)28(22)45-3)38(36-24)27(39)17-46-31-34-29-23(30(40)35-31)16-33-37(29)19-9-13-21(14-10-19)47(32,41)42/h4-14,16,25H,15,17H2,1-3H3,(H2,32,41,42)(H,34,35,40)/t25-/m0/s1. The molecule has 1 aliphatic heterocycles. The number of nitrogens with zero attached hydrogens (tertiary/aromatic N) is 5. The maximum absolute atomic E-state index is 13.8. The van der Waals surface area contributed by atoms with Crippen molar-refractivity contribution in [3.63, 3.8) is 0 Å². The van der Waals surface area contributed by atoms with Crippen LogP contribution in [0.25, 0.3) is 16.7 Å². The summed E-state index contributed by atoms with van der Waals surface area (Å²) < 4.78 is 41.2. The molecule has 3 aromatic carbocycles. The Labute approximate surface area is 273 Å². The van der Waals surface area contributed by atoms with Crippen molar-refractivity contribution < 1.29 is 27.4 Å². The number of rotatable bonds is 10. The van der Waals surface area contributed by atoms with E-state index in [1.807, 2.05) is 36.4 Å². The van der Waals surface area contributed by atoms with Gasteiger partial charge in [-0.1, -0.05) is 23.9 Å². The van der Waals surface area contributed by atoms with E-state index in [-0.39, 0.29) is 32.7 Å². The zero-order valence-electron chi connectivity index (χ0n) is 25.4. The minimum absolute atomic E-state index is 0.0668. The van der Waals surface area contributed by atoms with Crippen LogP contribution in [0.1, 0.15) is 23.6 Å². The number of methoxy groups -OCH3 is 3. The maximum Gasteiger partial charge on any atom is 0.262 e. The quantitative estimate of drug-likeness (QED) is 0.165. The number of thioether (sulfide) groups is 1. The first-order valence-electron chi connectivity index (χ1n) is 14.1. The number of hydrogen-bond donors (Lipinski definition) is 2. The Morgan fingerprint density at radius 1 is 1.02 bits per heavy atom. The van der Waals surface area contributed by atoms with E-state index in [4.69, 9.17) is 24.5 Å². The highest BCUT2D eigenvalue weighted by atomic mass is 32.2. The summed E-state index contributed by atoms with van der Waals surface area (Å²) in [6.07, 6.45) is 1.77. The van der Waals surface area contributed by atoms with E-state index < -0.39 is 21.6 Å². The Balaban J connectivity index is 1.30. The lowest BCUT2D eigenvalue weighted by atomic mass is 9.97. The number of fused-ring (bicyclic) bond motifs is 1. The van der Waals surface area contributed by atoms with Crippen molar-refractivity contribution >= 4 is 44.4 Å². The van der Waals surface area contributed by atoms with Crippen LogP contribution in [0, 0.1) is 0 Å². The third-order valence-electron chi connectivity index (χ3n) is 7.54. The van der Waals surface area contributed by atoms with E-state index in [0.29, 0.717) is 35.1 Å². The van der Waals surface area contributed by atoms with Crippen LogP contribution in [-0.2, 0) is 14.8 Å². The molecule has 0 unspecified atom stereocenters. The van der Waals surface area contributed by atoms with Gasteiger partial charge in [-0.3, -0.25) is 9.59 Å². The number of H-pyrrole nitrogens is 1. The van der Waals surface area contributed by atoms with Crippen molar-refractivity contribution in [2.75, 3.05) is 27.1 Å². The third-order valence-corrected chi connectivity index (χ3v) is 9.33. The molecule has 3 heterocycles. The fourth-order valence-electron chi connectivity index (χ4n) is 5.24. The molecule has 3 N–H and O–H groups in total. The van der Waals surface area contributed by atoms with Gasteiger partial charge in [0.15, 0.2) is 22.3 Å². The lowest BCUT2D eigenvalue weighted by molar-refractivity contribution is -0.130. The number of nitrogens with one attached hydrogen (secondary N) is 1. The molecule has 0 radical (unpaired) electrons. The highest BCUT2D eigenvalue weighted by Gasteiger charge is 2.35. The number of hydrogen-bond acceptors (Lipinski definition) is 11. The average molecular weight is 676 g/mol. The summed E-state index contributed by atoms with van der Waals surface area (Å²) in [4.78, 5) is 34.0. The predicted octanol–water partition coefficient (Wildman–Crippen LogP) is 3.25. The van der Waals surface area contributed by atoms with Crippen molar-refractivity contribution in [1.29, 1.82) is 0 Å². The highest BCUT2D eigenvalue weighted by Crippen LogP contribution is 2.42. The fraction of sp³-hybridized carbons (Fsp3) is 0.194. The Morgan fingerprint density at radius 3 is 2.43 bits per heavy atom. The first kappa shape index (κ1) is 31.8.